The highest BCUT2D eigenvalue weighted by Gasteiger charge is 2.27. The van der Waals surface area contributed by atoms with Gasteiger partial charge in [0.05, 0.1) is 11.8 Å². The van der Waals surface area contributed by atoms with Crippen LogP contribution in [0.25, 0.3) is 0 Å². The average molecular weight is 269 g/mol. The van der Waals surface area contributed by atoms with Gasteiger partial charge in [0, 0.05) is 6.54 Å². The highest BCUT2D eigenvalue weighted by atomic mass is 19.4. The predicted octanol–water partition coefficient (Wildman–Crippen LogP) is 3.15. The lowest BCUT2D eigenvalue weighted by molar-refractivity contribution is -0.147. The molecule has 0 bridgehead atoms. The molecule has 0 unspecified atom stereocenters. The number of unbranched alkanes of at least 4 members (excludes halogenated alkanes) is 1. The van der Waals surface area contributed by atoms with Gasteiger partial charge >= 0.3 is 12.1 Å². The smallest absolute Gasteiger partial charge is 0.390 e. The number of nitrogens with zero attached hydrogens (tertiary/aromatic N) is 1. The van der Waals surface area contributed by atoms with Gasteiger partial charge in [0.25, 0.3) is 0 Å². The van der Waals surface area contributed by atoms with E-state index in [0.717, 1.165) is 0 Å². The summed E-state index contributed by atoms with van der Waals surface area (Å²) in [7, 11) is 1.65. The van der Waals surface area contributed by atoms with E-state index in [1.54, 1.807) is 25.8 Å². The monoisotopic (exact) mass is 269 g/mol. The molecule has 0 amide bonds. The fourth-order valence-corrected chi connectivity index (χ4v) is 1.49. The second-order valence-electron chi connectivity index (χ2n) is 5.31. The molecular formula is C12H22F3NO2. The van der Waals surface area contributed by atoms with Crippen molar-refractivity contribution in [3.63, 3.8) is 0 Å². The van der Waals surface area contributed by atoms with E-state index in [1.165, 1.54) is 0 Å². The van der Waals surface area contributed by atoms with E-state index in [-0.39, 0.29) is 6.54 Å². The molecule has 0 aromatic rings. The molecule has 0 heterocycles. The van der Waals surface area contributed by atoms with Crippen molar-refractivity contribution in [3.8, 4) is 0 Å². The maximum atomic E-state index is 12.0. The molecule has 0 fully saturated rings. The largest absolute Gasteiger partial charge is 0.481 e. The zero-order valence-electron chi connectivity index (χ0n) is 11.2. The van der Waals surface area contributed by atoms with Gasteiger partial charge in [0.2, 0.25) is 0 Å². The first-order valence-electron chi connectivity index (χ1n) is 6.03. The van der Waals surface area contributed by atoms with Crippen LogP contribution in [0.4, 0.5) is 13.2 Å². The number of hydrogen-bond donors (Lipinski definition) is 1. The van der Waals surface area contributed by atoms with Crippen LogP contribution in [0.5, 0.6) is 0 Å². The molecule has 0 saturated carbocycles. The van der Waals surface area contributed by atoms with Crippen molar-refractivity contribution in [1.82, 2.24) is 4.90 Å². The van der Waals surface area contributed by atoms with Crippen LogP contribution >= 0.6 is 0 Å². The average Bonchev–Trinajstić information content (AvgIpc) is 2.20. The van der Waals surface area contributed by atoms with Crippen LogP contribution in [0, 0.1) is 5.41 Å². The number of carbonyl (C=O) groups is 1. The van der Waals surface area contributed by atoms with Gasteiger partial charge < -0.3 is 10.0 Å². The molecule has 0 aliphatic rings. The van der Waals surface area contributed by atoms with Crippen LogP contribution in [0.15, 0.2) is 0 Å². The summed E-state index contributed by atoms with van der Waals surface area (Å²) in [6, 6.07) is 0. The fourth-order valence-electron chi connectivity index (χ4n) is 1.49. The molecule has 3 nitrogen and oxygen atoms in total. The third kappa shape index (κ3) is 8.33. The zero-order chi connectivity index (χ0) is 14.4. The first-order chi connectivity index (χ1) is 8.04. The SMILES string of the molecule is CN(CCCCC(C)(C)C(=O)O)CCC(F)(F)F. The van der Waals surface area contributed by atoms with Crippen molar-refractivity contribution < 1.29 is 23.1 Å². The molecule has 0 saturated heterocycles. The molecule has 0 atom stereocenters. The first-order valence-corrected chi connectivity index (χ1v) is 6.03. The lowest BCUT2D eigenvalue weighted by Gasteiger charge is -2.20. The Hall–Kier alpha value is -0.780. The summed E-state index contributed by atoms with van der Waals surface area (Å²) in [6.07, 6.45) is -2.96. The van der Waals surface area contributed by atoms with Gasteiger partial charge in [-0.25, -0.2) is 0 Å². The second kappa shape index (κ2) is 6.97. The molecule has 0 aromatic carbocycles. The van der Waals surface area contributed by atoms with Crippen molar-refractivity contribution in [2.75, 3.05) is 20.1 Å². The minimum absolute atomic E-state index is 0.00811. The number of rotatable bonds is 8. The Morgan fingerprint density at radius 3 is 2.11 bits per heavy atom. The van der Waals surface area contributed by atoms with Crippen LogP contribution in [-0.2, 0) is 4.79 Å². The van der Waals surface area contributed by atoms with Crippen LogP contribution < -0.4 is 0 Å². The summed E-state index contributed by atoms with van der Waals surface area (Å²) in [6.45, 7) is 3.86. The summed E-state index contributed by atoms with van der Waals surface area (Å²) in [5, 5.41) is 8.89. The van der Waals surface area contributed by atoms with E-state index >= 15 is 0 Å². The standard InChI is InChI=1S/C12H22F3NO2/c1-11(2,10(17)18)6-4-5-8-16(3)9-7-12(13,14)15/h4-9H2,1-3H3,(H,17,18). The lowest BCUT2D eigenvalue weighted by Crippen LogP contribution is -2.26. The predicted molar refractivity (Wildman–Crippen MR) is 63.4 cm³/mol. The Morgan fingerprint density at radius 1 is 1.11 bits per heavy atom. The Kier molecular flexibility index (Phi) is 6.67. The summed E-state index contributed by atoms with van der Waals surface area (Å²) < 4.78 is 35.9. The number of carboxylic acids is 1. The third-order valence-corrected chi connectivity index (χ3v) is 2.95. The molecule has 0 aliphatic heterocycles. The third-order valence-electron chi connectivity index (χ3n) is 2.95. The molecular weight excluding hydrogens is 247 g/mol. The van der Waals surface area contributed by atoms with Crippen molar-refractivity contribution in [2.45, 2.75) is 45.7 Å². The Bertz CT molecular complexity index is 265. The maximum absolute atomic E-state index is 12.0. The molecule has 0 aliphatic carbocycles. The minimum Gasteiger partial charge on any atom is -0.481 e. The fraction of sp³-hybridized carbons (Fsp3) is 0.917. The number of halogens is 3. The Balaban J connectivity index is 3.70. The normalized spacial score (nSPS) is 13.1. The van der Waals surface area contributed by atoms with Gasteiger partial charge in [-0.3, -0.25) is 4.79 Å². The molecule has 0 radical (unpaired) electrons. The first kappa shape index (κ1) is 17.2. The molecule has 18 heavy (non-hydrogen) atoms. The minimum atomic E-state index is -4.11. The van der Waals surface area contributed by atoms with E-state index in [9.17, 15) is 18.0 Å². The number of alkyl halides is 3. The van der Waals surface area contributed by atoms with Crippen molar-refractivity contribution in [3.05, 3.63) is 0 Å². The number of aliphatic carboxylic acids is 1. The zero-order valence-corrected chi connectivity index (χ0v) is 11.2. The summed E-state index contributed by atoms with van der Waals surface area (Å²) >= 11 is 0. The second-order valence-corrected chi connectivity index (χ2v) is 5.31. The van der Waals surface area contributed by atoms with E-state index in [0.29, 0.717) is 25.8 Å². The summed E-state index contributed by atoms with van der Waals surface area (Å²) in [4.78, 5) is 12.5. The van der Waals surface area contributed by atoms with E-state index in [1.807, 2.05) is 0 Å². The van der Waals surface area contributed by atoms with Crippen molar-refractivity contribution in [2.24, 2.45) is 5.41 Å². The molecule has 0 aromatic heterocycles. The quantitative estimate of drug-likeness (QED) is 0.688. The Labute approximate surface area is 106 Å². The molecule has 6 heteroatoms. The van der Waals surface area contributed by atoms with Crippen LogP contribution in [-0.4, -0.2) is 42.3 Å². The van der Waals surface area contributed by atoms with Crippen LogP contribution in [0.2, 0.25) is 0 Å². The van der Waals surface area contributed by atoms with Crippen molar-refractivity contribution in [1.29, 1.82) is 0 Å². The lowest BCUT2D eigenvalue weighted by atomic mass is 9.87. The molecule has 0 spiro atoms. The number of carboxylic acid groups (broad SMARTS) is 1. The molecule has 1 N–H and O–H groups in total. The van der Waals surface area contributed by atoms with Gasteiger partial charge in [0.15, 0.2) is 0 Å². The van der Waals surface area contributed by atoms with Crippen LogP contribution in [0.1, 0.15) is 39.5 Å². The Morgan fingerprint density at radius 2 is 1.67 bits per heavy atom. The highest BCUT2D eigenvalue weighted by Crippen LogP contribution is 2.23. The van der Waals surface area contributed by atoms with Gasteiger partial charge in [0.1, 0.15) is 0 Å². The van der Waals surface area contributed by atoms with E-state index < -0.39 is 24.0 Å². The van der Waals surface area contributed by atoms with Crippen LogP contribution in [0.3, 0.4) is 0 Å². The van der Waals surface area contributed by atoms with E-state index in [4.69, 9.17) is 5.11 Å². The topological polar surface area (TPSA) is 40.5 Å². The van der Waals surface area contributed by atoms with Crippen molar-refractivity contribution >= 4 is 5.97 Å². The number of hydrogen-bond acceptors (Lipinski definition) is 2. The maximum Gasteiger partial charge on any atom is 0.390 e. The van der Waals surface area contributed by atoms with Gasteiger partial charge in [-0.1, -0.05) is 6.42 Å². The van der Waals surface area contributed by atoms with E-state index in [2.05, 4.69) is 0 Å². The molecule has 0 rings (SSSR count). The summed E-state index contributed by atoms with van der Waals surface area (Å²) in [5.41, 5.74) is -0.759. The van der Waals surface area contributed by atoms with Gasteiger partial charge in [-0.15, -0.1) is 0 Å². The van der Waals surface area contributed by atoms with Gasteiger partial charge in [-0.2, -0.15) is 13.2 Å². The van der Waals surface area contributed by atoms with Gasteiger partial charge in [-0.05, 0) is 40.3 Å². The summed E-state index contributed by atoms with van der Waals surface area (Å²) in [5.74, 6) is -0.840. The molecule has 108 valence electrons. The highest BCUT2D eigenvalue weighted by molar-refractivity contribution is 5.73.